The third-order valence-corrected chi connectivity index (χ3v) is 5.08. The van der Waals surface area contributed by atoms with Gasteiger partial charge in [-0.3, -0.25) is 9.69 Å². The molecule has 0 amide bonds. The zero-order valence-electron chi connectivity index (χ0n) is 16.7. The summed E-state index contributed by atoms with van der Waals surface area (Å²) in [5, 5.41) is 10.3. The highest BCUT2D eigenvalue weighted by Gasteiger charge is 2.31. The van der Waals surface area contributed by atoms with Crippen LogP contribution in [0.2, 0.25) is 0 Å². The van der Waals surface area contributed by atoms with Gasteiger partial charge in [-0.15, -0.1) is 0 Å². The number of carbonyl (C=O) groups excluding carboxylic acids is 1. The second-order valence-corrected chi connectivity index (χ2v) is 7.38. The van der Waals surface area contributed by atoms with Crippen LogP contribution in [0.5, 0.6) is 5.75 Å². The van der Waals surface area contributed by atoms with E-state index in [9.17, 15) is 23.1 Å². The number of benzene rings is 2. The predicted octanol–water partition coefficient (Wildman–Crippen LogP) is 3.47. The Labute approximate surface area is 173 Å². The molecule has 1 unspecified atom stereocenters. The lowest BCUT2D eigenvalue weighted by Gasteiger charge is -2.37. The van der Waals surface area contributed by atoms with Crippen molar-refractivity contribution in [3.63, 3.8) is 0 Å². The third-order valence-electron chi connectivity index (χ3n) is 5.08. The summed E-state index contributed by atoms with van der Waals surface area (Å²) in [4.78, 5) is 15.3. The van der Waals surface area contributed by atoms with E-state index in [0.717, 1.165) is 6.07 Å². The summed E-state index contributed by atoms with van der Waals surface area (Å²) in [5.41, 5.74) is 0.509. The Morgan fingerprint density at radius 1 is 1.10 bits per heavy atom. The van der Waals surface area contributed by atoms with E-state index < -0.39 is 17.8 Å². The molecular formula is C22H25F3N2O3. The maximum absolute atomic E-state index is 12.9. The molecule has 5 nitrogen and oxygen atoms in total. The fourth-order valence-corrected chi connectivity index (χ4v) is 3.40. The van der Waals surface area contributed by atoms with E-state index in [1.54, 1.807) is 30.3 Å². The van der Waals surface area contributed by atoms with Crippen LogP contribution < -0.4 is 9.64 Å². The molecule has 1 heterocycles. The van der Waals surface area contributed by atoms with Crippen molar-refractivity contribution in [3.05, 3.63) is 59.7 Å². The van der Waals surface area contributed by atoms with Gasteiger partial charge >= 0.3 is 6.18 Å². The van der Waals surface area contributed by atoms with Crippen molar-refractivity contribution < 1.29 is 27.8 Å². The van der Waals surface area contributed by atoms with Gasteiger partial charge in [0.05, 0.1) is 5.56 Å². The van der Waals surface area contributed by atoms with E-state index in [1.165, 1.54) is 19.1 Å². The number of hydrogen-bond acceptors (Lipinski definition) is 5. The van der Waals surface area contributed by atoms with Gasteiger partial charge in [-0.2, -0.15) is 13.2 Å². The lowest BCUT2D eigenvalue weighted by Crippen LogP contribution is -2.49. The molecule has 3 rings (SSSR count). The Kier molecular flexibility index (Phi) is 6.99. The summed E-state index contributed by atoms with van der Waals surface area (Å²) in [7, 11) is 0. The molecule has 0 bridgehead atoms. The molecule has 1 N–H and O–H groups in total. The number of aliphatic hydroxyl groups excluding tert-OH is 1. The van der Waals surface area contributed by atoms with Crippen molar-refractivity contribution in [1.29, 1.82) is 0 Å². The lowest BCUT2D eigenvalue weighted by atomic mass is 10.1. The smallest absolute Gasteiger partial charge is 0.416 e. The molecule has 2 aromatic rings. The molecule has 1 aliphatic rings. The van der Waals surface area contributed by atoms with Gasteiger partial charge in [0.1, 0.15) is 18.5 Å². The molecule has 0 aliphatic carbocycles. The van der Waals surface area contributed by atoms with E-state index in [2.05, 4.69) is 4.90 Å². The molecule has 1 aliphatic heterocycles. The molecule has 1 fully saturated rings. The van der Waals surface area contributed by atoms with Gasteiger partial charge in [0.25, 0.3) is 0 Å². The first kappa shape index (κ1) is 22.1. The van der Waals surface area contributed by atoms with Crippen LogP contribution in [0.3, 0.4) is 0 Å². The Bertz CT molecular complexity index is 847. The van der Waals surface area contributed by atoms with Crippen molar-refractivity contribution in [1.82, 2.24) is 4.90 Å². The maximum atomic E-state index is 12.9. The number of aliphatic hydroxyl groups is 1. The normalized spacial score (nSPS) is 16.4. The summed E-state index contributed by atoms with van der Waals surface area (Å²) in [6, 6.07) is 12.1. The number of alkyl halides is 3. The third kappa shape index (κ3) is 5.96. The van der Waals surface area contributed by atoms with Crippen LogP contribution in [0.25, 0.3) is 0 Å². The van der Waals surface area contributed by atoms with Gasteiger partial charge in [0.2, 0.25) is 0 Å². The van der Waals surface area contributed by atoms with Crippen LogP contribution >= 0.6 is 0 Å². The van der Waals surface area contributed by atoms with Crippen molar-refractivity contribution in [2.45, 2.75) is 19.2 Å². The Balaban J connectivity index is 1.44. The summed E-state index contributed by atoms with van der Waals surface area (Å²) < 4.78 is 44.3. The zero-order valence-corrected chi connectivity index (χ0v) is 16.7. The van der Waals surface area contributed by atoms with E-state index in [-0.39, 0.29) is 12.4 Å². The van der Waals surface area contributed by atoms with Crippen LogP contribution in [0.1, 0.15) is 22.8 Å². The second kappa shape index (κ2) is 9.49. The number of halogens is 3. The van der Waals surface area contributed by atoms with Gasteiger partial charge in [0, 0.05) is 44.0 Å². The second-order valence-electron chi connectivity index (χ2n) is 7.38. The summed E-state index contributed by atoms with van der Waals surface area (Å²) in [6.45, 7) is 4.48. The average molecular weight is 422 g/mol. The number of piperazine rings is 1. The van der Waals surface area contributed by atoms with Gasteiger partial charge in [0.15, 0.2) is 5.78 Å². The number of nitrogens with zero attached hydrogens (tertiary/aromatic N) is 2. The van der Waals surface area contributed by atoms with E-state index in [0.29, 0.717) is 49.7 Å². The van der Waals surface area contributed by atoms with Crippen molar-refractivity contribution in [2.24, 2.45) is 0 Å². The van der Waals surface area contributed by atoms with Gasteiger partial charge in [-0.1, -0.05) is 6.07 Å². The van der Waals surface area contributed by atoms with Crippen LogP contribution in [-0.4, -0.2) is 61.2 Å². The minimum absolute atomic E-state index is 0.0224. The minimum Gasteiger partial charge on any atom is -0.491 e. The molecule has 0 aromatic heterocycles. The van der Waals surface area contributed by atoms with Crippen LogP contribution in [0, 0.1) is 0 Å². The summed E-state index contributed by atoms with van der Waals surface area (Å²) in [5.74, 6) is 0.555. The SMILES string of the molecule is CC(=O)c1ccc(OCC(O)CN2CCN(c3cccc(C(F)(F)F)c3)CC2)cc1. The number of carbonyl (C=O) groups is 1. The van der Waals surface area contributed by atoms with Crippen LogP contribution in [0.4, 0.5) is 18.9 Å². The highest BCUT2D eigenvalue weighted by atomic mass is 19.4. The average Bonchev–Trinajstić information content (AvgIpc) is 2.72. The zero-order chi connectivity index (χ0) is 21.7. The molecule has 0 saturated carbocycles. The highest BCUT2D eigenvalue weighted by Crippen LogP contribution is 2.31. The predicted molar refractivity (Wildman–Crippen MR) is 108 cm³/mol. The Morgan fingerprint density at radius 2 is 1.77 bits per heavy atom. The van der Waals surface area contributed by atoms with E-state index >= 15 is 0 Å². The molecule has 162 valence electrons. The molecule has 0 spiro atoms. The molecule has 1 saturated heterocycles. The number of rotatable bonds is 7. The Hall–Kier alpha value is -2.58. The Morgan fingerprint density at radius 3 is 2.37 bits per heavy atom. The number of Topliss-reactive ketones (excluding diaryl/α,β-unsaturated/α-hetero) is 1. The molecule has 0 radical (unpaired) electrons. The fourth-order valence-electron chi connectivity index (χ4n) is 3.40. The number of β-amino-alcohol motifs (C(OH)–C–C–N with tert-alkyl or cyclic N) is 1. The van der Waals surface area contributed by atoms with Crippen molar-refractivity contribution >= 4 is 11.5 Å². The van der Waals surface area contributed by atoms with Crippen molar-refractivity contribution in [2.75, 3.05) is 44.2 Å². The first-order valence-electron chi connectivity index (χ1n) is 9.79. The van der Waals surface area contributed by atoms with Gasteiger partial charge in [-0.05, 0) is 49.4 Å². The largest absolute Gasteiger partial charge is 0.491 e. The van der Waals surface area contributed by atoms with Crippen LogP contribution in [-0.2, 0) is 6.18 Å². The molecule has 1 atom stereocenters. The number of hydrogen-bond donors (Lipinski definition) is 1. The number of anilines is 1. The van der Waals surface area contributed by atoms with Gasteiger partial charge in [-0.25, -0.2) is 0 Å². The first-order valence-corrected chi connectivity index (χ1v) is 9.79. The number of ketones is 1. The lowest BCUT2D eigenvalue weighted by molar-refractivity contribution is -0.137. The first-order chi connectivity index (χ1) is 14.2. The molecule has 30 heavy (non-hydrogen) atoms. The topological polar surface area (TPSA) is 53.0 Å². The number of ether oxygens (including phenoxy) is 1. The highest BCUT2D eigenvalue weighted by molar-refractivity contribution is 5.94. The quantitative estimate of drug-likeness (QED) is 0.693. The standard InChI is InChI=1S/C22H25F3N2O3/c1-16(28)17-5-7-21(8-6-17)30-15-20(29)14-26-9-11-27(12-10-26)19-4-2-3-18(13-19)22(23,24)25/h2-8,13,20,29H,9-12,14-15H2,1H3. The summed E-state index contributed by atoms with van der Waals surface area (Å²) >= 11 is 0. The van der Waals surface area contributed by atoms with Gasteiger partial charge < -0.3 is 14.7 Å². The minimum atomic E-state index is -4.35. The molecular weight excluding hydrogens is 397 g/mol. The van der Waals surface area contributed by atoms with E-state index in [1.807, 2.05) is 4.90 Å². The monoisotopic (exact) mass is 422 g/mol. The van der Waals surface area contributed by atoms with E-state index in [4.69, 9.17) is 4.74 Å². The van der Waals surface area contributed by atoms with Crippen LogP contribution in [0.15, 0.2) is 48.5 Å². The fraction of sp³-hybridized carbons (Fsp3) is 0.409. The molecule has 2 aromatic carbocycles. The maximum Gasteiger partial charge on any atom is 0.416 e. The van der Waals surface area contributed by atoms with Crippen molar-refractivity contribution in [3.8, 4) is 5.75 Å². The summed E-state index contributed by atoms with van der Waals surface area (Å²) in [6.07, 6.45) is -5.05. The molecule has 8 heteroatoms.